The average Bonchev–Trinajstić information content (AvgIpc) is 2.81. The molecule has 1 N–H and O–H groups in total. The summed E-state index contributed by atoms with van der Waals surface area (Å²) in [6, 6.07) is 1.24. The molecule has 13 heavy (non-hydrogen) atoms. The van der Waals surface area contributed by atoms with E-state index >= 15 is 0 Å². The smallest absolute Gasteiger partial charge is 0.137 e. The van der Waals surface area contributed by atoms with E-state index in [0.29, 0.717) is 6.04 Å². The minimum Gasteiger partial charge on any atom is -0.312 e. The molecule has 1 aliphatic carbocycles. The summed E-state index contributed by atoms with van der Waals surface area (Å²) in [5, 5.41) is 7.66. The topological polar surface area (TPSA) is 42.7 Å². The molecule has 0 aliphatic heterocycles. The second-order valence-corrected chi connectivity index (χ2v) is 3.62. The summed E-state index contributed by atoms with van der Waals surface area (Å²) < 4.78 is 1.94. The van der Waals surface area contributed by atoms with Gasteiger partial charge < -0.3 is 5.32 Å². The van der Waals surface area contributed by atoms with Crippen molar-refractivity contribution in [3.8, 4) is 0 Å². The Kier molecular flexibility index (Phi) is 2.59. The van der Waals surface area contributed by atoms with Gasteiger partial charge in [-0.05, 0) is 19.3 Å². The molecule has 0 radical (unpaired) electrons. The summed E-state index contributed by atoms with van der Waals surface area (Å²) in [5.74, 6) is 0. The highest BCUT2D eigenvalue weighted by atomic mass is 15.3. The minimum absolute atomic E-state index is 0.461. The highest BCUT2D eigenvalue weighted by Gasteiger charge is 2.21. The van der Waals surface area contributed by atoms with E-state index < -0.39 is 0 Å². The second kappa shape index (κ2) is 3.87. The van der Waals surface area contributed by atoms with Gasteiger partial charge in [-0.1, -0.05) is 6.92 Å². The van der Waals surface area contributed by atoms with Gasteiger partial charge in [0.2, 0.25) is 0 Å². The molecule has 0 bridgehead atoms. The van der Waals surface area contributed by atoms with E-state index in [1.165, 1.54) is 12.8 Å². The average molecular weight is 180 g/mol. The predicted molar refractivity (Wildman–Crippen MR) is 50.4 cm³/mol. The Labute approximate surface area is 78.4 Å². The Morgan fingerprint density at radius 3 is 3.00 bits per heavy atom. The molecule has 0 spiro atoms. The third-order valence-corrected chi connectivity index (χ3v) is 2.50. The van der Waals surface area contributed by atoms with Gasteiger partial charge in [-0.15, -0.1) is 0 Å². The SMILES string of the molecule is CCC(CNC1CC1)n1cncn1. The van der Waals surface area contributed by atoms with Crippen LogP contribution in [0.2, 0.25) is 0 Å². The second-order valence-electron chi connectivity index (χ2n) is 3.62. The Hall–Kier alpha value is -0.900. The molecule has 0 aromatic carbocycles. The number of aromatic nitrogens is 3. The summed E-state index contributed by atoms with van der Waals surface area (Å²) in [6.07, 6.45) is 7.17. The van der Waals surface area contributed by atoms with E-state index in [-0.39, 0.29) is 0 Å². The van der Waals surface area contributed by atoms with E-state index in [1.54, 1.807) is 12.7 Å². The Morgan fingerprint density at radius 1 is 1.62 bits per heavy atom. The van der Waals surface area contributed by atoms with Crippen molar-refractivity contribution >= 4 is 0 Å². The maximum Gasteiger partial charge on any atom is 0.137 e. The third-order valence-electron chi connectivity index (χ3n) is 2.50. The van der Waals surface area contributed by atoms with Gasteiger partial charge in [0.1, 0.15) is 12.7 Å². The molecule has 1 atom stereocenters. The largest absolute Gasteiger partial charge is 0.312 e. The standard InChI is InChI=1S/C9H16N4/c1-2-9(5-11-8-3-4-8)13-7-10-6-12-13/h6-9,11H,2-5H2,1H3. The van der Waals surface area contributed by atoms with Crippen molar-refractivity contribution < 1.29 is 0 Å². The van der Waals surface area contributed by atoms with Crippen LogP contribution in [0.1, 0.15) is 32.2 Å². The molecule has 0 amide bonds. The first kappa shape index (κ1) is 8.69. The summed E-state index contributed by atoms with van der Waals surface area (Å²) in [5.41, 5.74) is 0. The predicted octanol–water partition coefficient (Wildman–Crippen LogP) is 0.981. The van der Waals surface area contributed by atoms with Crippen molar-refractivity contribution in [1.82, 2.24) is 20.1 Å². The summed E-state index contributed by atoms with van der Waals surface area (Å²) in [4.78, 5) is 3.96. The molecule has 1 fully saturated rings. The zero-order valence-electron chi connectivity index (χ0n) is 7.98. The number of rotatable bonds is 5. The molecular formula is C9H16N4. The van der Waals surface area contributed by atoms with Crippen molar-refractivity contribution in [3.05, 3.63) is 12.7 Å². The van der Waals surface area contributed by atoms with Gasteiger partial charge in [0.15, 0.2) is 0 Å². The molecular weight excluding hydrogens is 164 g/mol. The van der Waals surface area contributed by atoms with Gasteiger partial charge in [0.05, 0.1) is 6.04 Å². The number of hydrogen-bond donors (Lipinski definition) is 1. The molecule has 4 heteroatoms. The maximum atomic E-state index is 4.15. The molecule has 4 nitrogen and oxygen atoms in total. The number of nitrogens with zero attached hydrogens (tertiary/aromatic N) is 3. The molecule has 0 saturated heterocycles. The van der Waals surface area contributed by atoms with E-state index in [1.807, 2.05) is 4.68 Å². The maximum absolute atomic E-state index is 4.15. The third kappa shape index (κ3) is 2.28. The van der Waals surface area contributed by atoms with Crippen LogP contribution >= 0.6 is 0 Å². The zero-order valence-corrected chi connectivity index (χ0v) is 7.98. The first-order chi connectivity index (χ1) is 6.40. The lowest BCUT2D eigenvalue weighted by Gasteiger charge is -2.15. The summed E-state index contributed by atoms with van der Waals surface area (Å²) >= 11 is 0. The lowest BCUT2D eigenvalue weighted by atomic mass is 10.2. The van der Waals surface area contributed by atoms with E-state index in [0.717, 1.165) is 19.0 Å². The fraction of sp³-hybridized carbons (Fsp3) is 0.778. The normalized spacial score (nSPS) is 18.8. The highest BCUT2D eigenvalue weighted by Crippen LogP contribution is 2.19. The zero-order chi connectivity index (χ0) is 9.10. The van der Waals surface area contributed by atoms with Crippen LogP contribution in [0.5, 0.6) is 0 Å². The van der Waals surface area contributed by atoms with Crippen molar-refractivity contribution in [3.63, 3.8) is 0 Å². The van der Waals surface area contributed by atoms with Gasteiger partial charge in [-0.25, -0.2) is 9.67 Å². The quantitative estimate of drug-likeness (QED) is 0.734. The van der Waals surface area contributed by atoms with E-state index in [4.69, 9.17) is 0 Å². The van der Waals surface area contributed by atoms with Crippen LogP contribution in [0.3, 0.4) is 0 Å². The first-order valence-corrected chi connectivity index (χ1v) is 4.97. The van der Waals surface area contributed by atoms with Crippen LogP contribution < -0.4 is 5.32 Å². The molecule has 1 unspecified atom stereocenters. The van der Waals surface area contributed by atoms with Gasteiger partial charge >= 0.3 is 0 Å². The molecule has 1 aromatic rings. The van der Waals surface area contributed by atoms with Crippen LogP contribution in [-0.2, 0) is 0 Å². The van der Waals surface area contributed by atoms with Crippen molar-refractivity contribution in [2.75, 3.05) is 6.54 Å². The molecule has 1 aliphatic rings. The van der Waals surface area contributed by atoms with Gasteiger partial charge in [-0.3, -0.25) is 0 Å². The van der Waals surface area contributed by atoms with Crippen LogP contribution in [-0.4, -0.2) is 27.4 Å². The van der Waals surface area contributed by atoms with Gasteiger partial charge in [0, 0.05) is 12.6 Å². The lowest BCUT2D eigenvalue weighted by molar-refractivity contribution is 0.410. The summed E-state index contributed by atoms with van der Waals surface area (Å²) in [6.45, 7) is 3.20. The molecule has 1 heterocycles. The van der Waals surface area contributed by atoms with Crippen LogP contribution in [0.15, 0.2) is 12.7 Å². The minimum atomic E-state index is 0.461. The highest BCUT2D eigenvalue weighted by molar-refractivity contribution is 4.82. The Bertz CT molecular complexity index is 240. The number of hydrogen-bond acceptors (Lipinski definition) is 3. The fourth-order valence-electron chi connectivity index (χ4n) is 1.42. The molecule has 2 rings (SSSR count). The molecule has 72 valence electrons. The lowest BCUT2D eigenvalue weighted by Crippen LogP contribution is -2.26. The summed E-state index contributed by atoms with van der Waals surface area (Å²) in [7, 11) is 0. The monoisotopic (exact) mass is 180 g/mol. The van der Waals surface area contributed by atoms with Gasteiger partial charge in [0.25, 0.3) is 0 Å². The first-order valence-electron chi connectivity index (χ1n) is 4.97. The molecule has 1 saturated carbocycles. The van der Waals surface area contributed by atoms with Crippen molar-refractivity contribution in [1.29, 1.82) is 0 Å². The fourth-order valence-corrected chi connectivity index (χ4v) is 1.42. The van der Waals surface area contributed by atoms with Crippen molar-refractivity contribution in [2.45, 2.75) is 38.3 Å². The van der Waals surface area contributed by atoms with Gasteiger partial charge in [-0.2, -0.15) is 5.10 Å². The van der Waals surface area contributed by atoms with Crippen LogP contribution in [0, 0.1) is 0 Å². The Morgan fingerprint density at radius 2 is 2.46 bits per heavy atom. The van der Waals surface area contributed by atoms with Crippen LogP contribution in [0.25, 0.3) is 0 Å². The molecule has 1 aromatic heterocycles. The van der Waals surface area contributed by atoms with Crippen molar-refractivity contribution in [2.24, 2.45) is 0 Å². The number of nitrogens with one attached hydrogen (secondary N) is 1. The van der Waals surface area contributed by atoms with Crippen LogP contribution in [0.4, 0.5) is 0 Å². The van der Waals surface area contributed by atoms with E-state index in [9.17, 15) is 0 Å². The Balaban J connectivity index is 1.85. The van der Waals surface area contributed by atoms with E-state index in [2.05, 4.69) is 22.3 Å².